The van der Waals surface area contributed by atoms with Gasteiger partial charge in [-0.2, -0.15) is 13.2 Å². The average Bonchev–Trinajstić information content (AvgIpc) is 2.99. The molecule has 1 aliphatic heterocycles. The molecule has 0 aromatic carbocycles. The van der Waals surface area contributed by atoms with E-state index in [0.29, 0.717) is 4.88 Å². The molecule has 2 heterocycles. The molecule has 3 nitrogen and oxygen atoms in total. The third kappa shape index (κ3) is 2.99. The summed E-state index contributed by atoms with van der Waals surface area (Å²) in [6, 6.07) is -0.158. The summed E-state index contributed by atoms with van der Waals surface area (Å²) < 4.78 is 38.0. The Morgan fingerprint density at radius 1 is 1.30 bits per heavy atom. The van der Waals surface area contributed by atoms with Crippen LogP contribution in [0.4, 0.5) is 13.2 Å². The number of likely N-dealkylation sites (tertiary alicyclic amines) is 1. The Kier molecular flexibility index (Phi) is 4.41. The summed E-state index contributed by atoms with van der Waals surface area (Å²) in [6.07, 6.45) is -0.710. The first-order valence-electron chi connectivity index (χ1n) is 6.72. The van der Waals surface area contributed by atoms with Crippen LogP contribution in [0.5, 0.6) is 0 Å². The molecule has 1 saturated heterocycles. The standard InChI is InChI=1S/C13H20F3N3S/c1-12(2,19-6-4-5-7-19)10(17-3)9-8-18-11(20-9)13(14,15)16/h8,10,17H,4-7H2,1-3H3. The highest BCUT2D eigenvalue weighted by Crippen LogP contribution is 2.39. The zero-order chi connectivity index (χ0) is 15.0. The molecule has 20 heavy (non-hydrogen) atoms. The van der Waals surface area contributed by atoms with Gasteiger partial charge in [0.25, 0.3) is 0 Å². The molecular weight excluding hydrogens is 287 g/mol. The SMILES string of the molecule is CNC(c1cnc(C(F)(F)F)s1)C(C)(C)N1CCCC1. The van der Waals surface area contributed by atoms with Crippen molar-refractivity contribution >= 4 is 11.3 Å². The number of aromatic nitrogens is 1. The summed E-state index contributed by atoms with van der Waals surface area (Å²) in [7, 11) is 1.79. The van der Waals surface area contributed by atoms with Crippen LogP contribution in [0.25, 0.3) is 0 Å². The largest absolute Gasteiger partial charge is 0.443 e. The summed E-state index contributed by atoms with van der Waals surface area (Å²) in [4.78, 5) is 6.50. The van der Waals surface area contributed by atoms with Gasteiger partial charge in [-0.15, -0.1) is 11.3 Å². The van der Waals surface area contributed by atoms with Crippen LogP contribution in [0, 0.1) is 0 Å². The van der Waals surface area contributed by atoms with Crippen LogP contribution in [0.15, 0.2) is 6.20 Å². The first-order chi connectivity index (χ1) is 9.26. The van der Waals surface area contributed by atoms with Crippen molar-refractivity contribution < 1.29 is 13.2 Å². The van der Waals surface area contributed by atoms with Crippen molar-refractivity contribution in [3.63, 3.8) is 0 Å². The summed E-state index contributed by atoms with van der Waals surface area (Å²) in [6.45, 7) is 6.14. The van der Waals surface area contributed by atoms with Gasteiger partial charge in [-0.1, -0.05) is 0 Å². The van der Waals surface area contributed by atoms with E-state index >= 15 is 0 Å². The van der Waals surface area contributed by atoms with Crippen LogP contribution in [0.2, 0.25) is 0 Å². The lowest BCUT2D eigenvalue weighted by molar-refractivity contribution is -0.137. The lowest BCUT2D eigenvalue weighted by atomic mass is 9.92. The fraction of sp³-hybridized carbons (Fsp3) is 0.769. The number of nitrogens with one attached hydrogen (secondary N) is 1. The van der Waals surface area contributed by atoms with Gasteiger partial charge < -0.3 is 5.32 Å². The molecule has 0 amide bonds. The fourth-order valence-electron chi connectivity index (χ4n) is 2.87. The molecule has 0 spiro atoms. The van der Waals surface area contributed by atoms with Crippen LogP contribution < -0.4 is 5.32 Å². The highest BCUT2D eigenvalue weighted by atomic mass is 32.1. The lowest BCUT2D eigenvalue weighted by Gasteiger charge is -2.41. The monoisotopic (exact) mass is 307 g/mol. The number of likely N-dealkylation sites (N-methyl/N-ethyl adjacent to an activating group) is 1. The van der Waals surface area contributed by atoms with Crippen molar-refractivity contribution in [2.24, 2.45) is 0 Å². The number of thiazole rings is 1. The first kappa shape index (κ1) is 15.7. The van der Waals surface area contributed by atoms with Crippen molar-refractivity contribution in [1.29, 1.82) is 0 Å². The van der Waals surface area contributed by atoms with E-state index in [0.717, 1.165) is 37.3 Å². The van der Waals surface area contributed by atoms with E-state index in [-0.39, 0.29) is 11.6 Å². The van der Waals surface area contributed by atoms with Gasteiger partial charge in [-0.3, -0.25) is 4.90 Å². The molecule has 0 bridgehead atoms. The smallest absolute Gasteiger partial charge is 0.311 e. The number of hydrogen-bond acceptors (Lipinski definition) is 4. The minimum absolute atomic E-state index is 0.158. The molecule has 1 aromatic heterocycles. The van der Waals surface area contributed by atoms with E-state index in [1.54, 1.807) is 7.05 Å². The van der Waals surface area contributed by atoms with Gasteiger partial charge in [0.2, 0.25) is 0 Å². The quantitative estimate of drug-likeness (QED) is 0.925. The van der Waals surface area contributed by atoms with Crippen molar-refractivity contribution in [3.05, 3.63) is 16.1 Å². The van der Waals surface area contributed by atoms with Crippen molar-refractivity contribution in [2.75, 3.05) is 20.1 Å². The number of nitrogens with zero attached hydrogens (tertiary/aromatic N) is 2. The third-order valence-corrected chi connectivity index (χ3v) is 5.07. The normalized spacial score (nSPS) is 19.5. The molecule has 0 saturated carbocycles. The van der Waals surface area contributed by atoms with E-state index in [4.69, 9.17) is 0 Å². The Balaban J connectivity index is 2.25. The predicted molar refractivity (Wildman–Crippen MR) is 73.8 cm³/mol. The van der Waals surface area contributed by atoms with Crippen molar-refractivity contribution in [2.45, 2.75) is 44.4 Å². The van der Waals surface area contributed by atoms with E-state index in [1.165, 1.54) is 6.20 Å². The van der Waals surface area contributed by atoms with Crippen molar-refractivity contribution in [3.8, 4) is 0 Å². The van der Waals surface area contributed by atoms with Gasteiger partial charge in [-0.05, 0) is 46.8 Å². The predicted octanol–water partition coefficient (Wildman–Crippen LogP) is 3.30. The molecule has 0 aliphatic carbocycles. The summed E-state index contributed by atoms with van der Waals surface area (Å²) >= 11 is 0.733. The summed E-state index contributed by atoms with van der Waals surface area (Å²) in [5, 5.41) is 2.39. The Bertz CT molecular complexity index is 450. The van der Waals surface area contributed by atoms with Gasteiger partial charge in [0.1, 0.15) is 0 Å². The summed E-state index contributed by atoms with van der Waals surface area (Å²) in [5.74, 6) is 0. The Labute approximate surface area is 121 Å². The van der Waals surface area contributed by atoms with Crippen LogP contribution >= 0.6 is 11.3 Å². The Morgan fingerprint density at radius 3 is 2.35 bits per heavy atom. The maximum atomic E-state index is 12.7. The molecule has 114 valence electrons. The summed E-state index contributed by atoms with van der Waals surface area (Å²) in [5.41, 5.74) is -0.235. The van der Waals surface area contributed by atoms with E-state index in [2.05, 4.69) is 29.0 Å². The average molecular weight is 307 g/mol. The van der Waals surface area contributed by atoms with Crippen LogP contribution in [0.3, 0.4) is 0 Å². The lowest BCUT2D eigenvalue weighted by Crippen LogP contribution is -2.50. The topological polar surface area (TPSA) is 28.2 Å². The fourth-order valence-corrected chi connectivity index (χ4v) is 3.94. The van der Waals surface area contributed by atoms with Gasteiger partial charge >= 0.3 is 6.18 Å². The maximum absolute atomic E-state index is 12.7. The Hall–Kier alpha value is -0.660. The molecule has 1 atom stereocenters. The number of halogens is 3. The van der Waals surface area contributed by atoms with Crippen LogP contribution in [-0.2, 0) is 6.18 Å². The minimum atomic E-state index is -4.36. The molecule has 1 aliphatic rings. The first-order valence-corrected chi connectivity index (χ1v) is 7.53. The molecule has 1 unspecified atom stereocenters. The number of rotatable bonds is 4. The highest BCUT2D eigenvalue weighted by molar-refractivity contribution is 7.11. The minimum Gasteiger partial charge on any atom is -0.311 e. The van der Waals surface area contributed by atoms with Gasteiger partial charge in [0.05, 0.1) is 6.04 Å². The number of hydrogen-bond donors (Lipinski definition) is 1. The molecule has 1 aromatic rings. The van der Waals surface area contributed by atoms with Gasteiger partial charge in [0, 0.05) is 16.6 Å². The highest BCUT2D eigenvalue weighted by Gasteiger charge is 2.40. The van der Waals surface area contributed by atoms with Crippen LogP contribution in [-0.4, -0.2) is 35.6 Å². The zero-order valence-electron chi connectivity index (χ0n) is 11.9. The van der Waals surface area contributed by atoms with E-state index in [9.17, 15) is 13.2 Å². The van der Waals surface area contributed by atoms with Crippen LogP contribution in [0.1, 0.15) is 42.6 Å². The second kappa shape index (κ2) is 5.61. The molecule has 1 fully saturated rings. The van der Waals surface area contributed by atoms with Gasteiger partial charge in [0.15, 0.2) is 5.01 Å². The molecule has 0 radical (unpaired) electrons. The molecular formula is C13H20F3N3S. The third-order valence-electron chi connectivity index (χ3n) is 3.97. The van der Waals surface area contributed by atoms with Gasteiger partial charge in [-0.25, -0.2) is 4.98 Å². The van der Waals surface area contributed by atoms with E-state index < -0.39 is 11.2 Å². The molecule has 7 heteroatoms. The Morgan fingerprint density at radius 2 is 1.90 bits per heavy atom. The number of alkyl halides is 3. The van der Waals surface area contributed by atoms with E-state index in [1.807, 2.05) is 0 Å². The molecule has 1 N–H and O–H groups in total. The van der Waals surface area contributed by atoms with Crippen molar-refractivity contribution in [1.82, 2.24) is 15.2 Å². The zero-order valence-corrected chi connectivity index (χ0v) is 12.7. The second-order valence-corrected chi connectivity index (χ2v) is 6.70. The second-order valence-electron chi connectivity index (χ2n) is 5.64. The molecule has 2 rings (SSSR count). The maximum Gasteiger partial charge on any atom is 0.443 e.